The highest BCUT2D eigenvalue weighted by Gasteiger charge is 2.28. The highest BCUT2D eigenvalue weighted by Crippen LogP contribution is 2.27. The van der Waals surface area contributed by atoms with Gasteiger partial charge in [-0.1, -0.05) is 18.2 Å². The van der Waals surface area contributed by atoms with E-state index in [0.717, 1.165) is 18.1 Å². The quantitative estimate of drug-likeness (QED) is 0.619. The lowest BCUT2D eigenvalue weighted by Gasteiger charge is -2.23. The van der Waals surface area contributed by atoms with Crippen molar-refractivity contribution in [3.63, 3.8) is 0 Å². The Morgan fingerprint density at radius 2 is 2.25 bits per heavy atom. The van der Waals surface area contributed by atoms with Crippen molar-refractivity contribution in [3.05, 3.63) is 41.3 Å². The zero-order valence-electron chi connectivity index (χ0n) is 14.9. The van der Waals surface area contributed by atoms with Gasteiger partial charge in [-0.15, -0.1) is 0 Å². The summed E-state index contributed by atoms with van der Waals surface area (Å²) in [6.45, 7) is 3.70. The van der Waals surface area contributed by atoms with Crippen LogP contribution in [0.3, 0.4) is 0 Å². The van der Waals surface area contributed by atoms with Crippen molar-refractivity contribution in [3.8, 4) is 11.8 Å². The number of nitrogens with one attached hydrogen (secondary N) is 2. The van der Waals surface area contributed by atoms with Gasteiger partial charge in [0.2, 0.25) is 0 Å². The van der Waals surface area contributed by atoms with Crippen LogP contribution in [0.1, 0.15) is 19.3 Å². The van der Waals surface area contributed by atoms with Crippen LogP contribution in [-0.2, 0) is 13.8 Å². The minimum absolute atomic E-state index is 0.0283. The van der Waals surface area contributed by atoms with Gasteiger partial charge < -0.3 is 19.6 Å². The third-order valence-corrected chi connectivity index (χ3v) is 4.95. The standard InChI is InChI=1S/C18H19ClFN3O4S/c1-11(23-18(25)16-5-3-13(9-21)28-27-16)6-7-22-17(24)10-26-12-2-4-14(19)15(20)8-12/h2,4,8,13,16H,1,3,5-7,10H2,(H,22,24)(H,23,25). The summed E-state index contributed by atoms with van der Waals surface area (Å²) >= 11 is 6.57. The Morgan fingerprint density at radius 1 is 1.46 bits per heavy atom. The molecule has 2 amide bonds. The summed E-state index contributed by atoms with van der Waals surface area (Å²) in [4.78, 5) is 23.8. The molecule has 1 aliphatic heterocycles. The van der Waals surface area contributed by atoms with Crippen LogP contribution in [-0.4, -0.2) is 36.3 Å². The van der Waals surface area contributed by atoms with Crippen LogP contribution in [0.5, 0.6) is 5.75 Å². The fraction of sp³-hybridized carbons (Fsp3) is 0.389. The van der Waals surface area contributed by atoms with Gasteiger partial charge >= 0.3 is 0 Å². The van der Waals surface area contributed by atoms with Crippen LogP contribution in [0, 0.1) is 17.1 Å². The van der Waals surface area contributed by atoms with E-state index in [0.29, 0.717) is 25.0 Å². The van der Waals surface area contributed by atoms with Crippen LogP contribution < -0.4 is 15.4 Å². The zero-order chi connectivity index (χ0) is 20.5. The molecule has 2 unspecified atom stereocenters. The van der Waals surface area contributed by atoms with E-state index in [1.807, 2.05) is 0 Å². The van der Waals surface area contributed by atoms with Gasteiger partial charge in [0.1, 0.15) is 16.8 Å². The third kappa shape index (κ3) is 7.03. The Hall–Kier alpha value is -2.28. The summed E-state index contributed by atoms with van der Waals surface area (Å²) < 4.78 is 23.8. The summed E-state index contributed by atoms with van der Waals surface area (Å²) in [7, 11) is 0. The fourth-order valence-corrected chi connectivity index (χ4v) is 3.08. The molecule has 1 heterocycles. The van der Waals surface area contributed by atoms with Gasteiger partial charge in [0.25, 0.3) is 11.8 Å². The van der Waals surface area contributed by atoms with Gasteiger partial charge in [-0.25, -0.2) is 4.39 Å². The summed E-state index contributed by atoms with van der Waals surface area (Å²) in [6, 6.07) is 5.97. The monoisotopic (exact) mass is 427 g/mol. The minimum atomic E-state index is -0.630. The van der Waals surface area contributed by atoms with E-state index in [1.165, 1.54) is 12.1 Å². The number of halogens is 2. The first-order chi connectivity index (χ1) is 13.4. The second-order valence-electron chi connectivity index (χ2n) is 5.93. The summed E-state index contributed by atoms with van der Waals surface area (Å²) in [5.74, 6) is -1.16. The smallest absolute Gasteiger partial charge is 0.257 e. The maximum Gasteiger partial charge on any atom is 0.257 e. The Morgan fingerprint density at radius 3 is 2.89 bits per heavy atom. The van der Waals surface area contributed by atoms with Crippen molar-refractivity contribution in [2.75, 3.05) is 13.2 Å². The van der Waals surface area contributed by atoms with E-state index >= 15 is 0 Å². The molecule has 0 saturated carbocycles. The molecular formula is C18H19ClFN3O4S. The molecule has 10 heteroatoms. The molecule has 1 saturated heterocycles. The van der Waals surface area contributed by atoms with Crippen LogP contribution >= 0.6 is 23.6 Å². The first kappa shape index (κ1) is 22.0. The van der Waals surface area contributed by atoms with E-state index in [4.69, 9.17) is 25.8 Å². The molecule has 1 aromatic carbocycles. The molecule has 150 valence electrons. The summed E-state index contributed by atoms with van der Waals surface area (Å²) in [5.41, 5.74) is 0.432. The van der Waals surface area contributed by atoms with Crippen molar-refractivity contribution < 1.29 is 22.9 Å². The Kier molecular flexibility index (Phi) is 8.57. The van der Waals surface area contributed by atoms with Gasteiger partial charge in [0.05, 0.1) is 11.1 Å². The topological polar surface area (TPSA) is 100 Å². The lowest BCUT2D eigenvalue weighted by Crippen LogP contribution is -2.38. The van der Waals surface area contributed by atoms with Gasteiger partial charge in [-0.3, -0.25) is 9.59 Å². The minimum Gasteiger partial charge on any atom is -0.484 e. The van der Waals surface area contributed by atoms with Gasteiger partial charge in [0, 0.05) is 36.8 Å². The van der Waals surface area contributed by atoms with E-state index in [1.54, 1.807) is 0 Å². The Bertz CT molecular complexity index is 779. The zero-order valence-corrected chi connectivity index (χ0v) is 16.4. The van der Waals surface area contributed by atoms with E-state index in [9.17, 15) is 14.0 Å². The Labute approximate surface area is 171 Å². The van der Waals surface area contributed by atoms with Gasteiger partial charge in [0.15, 0.2) is 12.7 Å². The predicted octanol–water partition coefficient (Wildman–Crippen LogP) is 2.71. The largest absolute Gasteiger partial charge is 0.484 e. The number of rotatable bonds is 8. The van der Waals surface area contributed by atoms with Crippen LogP contribution in [0.15, 0.2) is 30.5 Å². The van der Waals surface area contributed by atoms with Crippen molar-refractivity contribution in [2.24, 2.45) is 0 Å². The normalized spacial score (nSPS) is 18.6. The van der Waals surface area contributed by atoms with Gasteiger partial charge in [-0.2, -0.15) is 5.26 Å². The molecule has 1 aliphatic rings. The number of nitriles is 1. The number of benzene rings is 1. The van der Waals surface area contributed by atoms with Crippen molar-refractivity contribution >= 4 is 35.5 Å². The summed E-state index contributed by atoms with van der Waals surface area (Å²) in [6.07, 6.45) is 0.741. The molecule has 2 rings (SSSR count). The number of hydrogen-bond donors (Lipinski definition) is 2. The number of carbonyl (C=O) groups excluding carboxylic acids is 2. The van der Waals surface area contributed by atoms with E-state index < -0.39 is 17.8 Å². The second-order valence-corrected chi connectivity index (χ2v) is 7.29. The average Bonchev–Trinajstić information content (AvgIpc) is 2.69. The molecule has 2 atom stereocenters. The lowest BCUT2D eigenvalue weighted by molar-refractivity contribution is -0.127. The SMILES string of the molecule is C=C(CCNC(=O)COc1ccc(Cl)c(F)c1)NC(=O)C1CCC(C#N)SO1. The first-order valence-electron chi connectivity index (χ1n) is 8.44. The second kappa shape index (κ2) is 10.9. The maximum absolute atomic E-state index is 13.3. The third-order valence-electron chi connectivity index (χ3n) is 3.73. The fourth-order valence-electron chi connectivity index (χ4n) is 2.23. The molecule has 2 N–H and O–H groups in total. The van der Waals surface area contributed by atoms with E-state index in [2.05, 4.69) is 23.3 Å². The highest BCUT2D eigenvalue weighted by molar-refractivity contribution is 7.95. The van der Waals surface area contributed by atoms with E-state index in [-0.39, 0.29) is 35.1 Å². The number of hydrogen-bond acceptors (Lipinski definition) is 6. The summed E-state index contributed by atoms with van der Waals surface area (Å²) in [5, 5.41) is 13.8. The number of carbonyl (C=O) groups is 2. The molecule has 0 spiro atoms. The predicted molar refractivity (Wildman–Crippen MR) is 103 cm³/mol. The molecule has 7 nitrogen and oxygen atoms in total. The lowest BCUT2D eigenvalue weighted by atomic mass is 10.1. The maximum atomic E-state index is 13.3. The molecule has 28 heavy (non-hydrogen) atoms. The molecule has 1 aromatic rings. The molecule has 1 fully saturated rings. The van der Waals surface area contributed by atoms with Crippen molar-refractivity contribution in [1.82, 2.24) is 10.6 Å². The number of nitrogens with zero attached hydrogens (tertiary/aromatic N) is 1. The van der Waals surface area contributed by atoms with Crippen molar-refractivity contribution in [2.45, 2.75) is 30.6 Å². The molecule has 0 aliphatic carbocycles. The van der Waals surface area contributed by atoms with Crippen LogP contribution in [0.2, 0.25) is 5.02 Å². The first-order valence-corrected chi connectivity index (χ1v) is 9.62. The Balaban J connectivity index is 1.62. The molecule has 0 radical (unpaired) electrons. The number of amides is 2. The number of ether oxygens (including phenoxy) is 1. The van der Waals surface area contributed by atoms with Gasteiger partial charge in [-0.05, 0) is 25.0 Å². The molecule has 0 aromatic heterocycles. The average molecular weight is 428 g/mol. The van der Waals surface area contributed by atoms with Crippen LogP contribution in [0.25, 0.3) is 0 Å². The van der Waals surface area contributed by atoms with Crippen LogP contribution in [0.4, 0.5) is 4.39 Å². The highest BCUT2D eigenvalue weighted by atomic mass is 35.5. The van der Waals surface area contributed by atoms with Crippen molar-refractivity contribution in [1.29, 1.82) is 5.26 Å². The molecule has 0 bridgehead atoms. The molecular weight excluding hydrogens is 409 g/mol.